The maximum Gasteiger partial charge on any atom is 0.263 e. The third-order valence-electron chi connectivity index (χ3n) is 2.63. The van der Waals surface area contributed by atoms with Gasteiger partial charge in [-0.2, -0.15) is 5.26 Å². The van der Waals surface area contributed by atoms with E-state index in [1.165, 1.54) is 6.20 Å². The van der Waals surface area contributed by atoms with E-state index >= 15 is 0 Å². The first kappa shape index (κ1) is 17.1. The van der Waals surface area contributed by atoms with Gasteiger partial charge in [0, 0.05) is 37.0 Å². The Balaban J connectivity index is 2.58. The molecule has 1 aromatic carbocycles. The van der Waals surface area contributed by atoms with Crippen LogP contribution in [0.1, 0.15) is 6.42 Å². The third kappa shape index (κ3) is 6.34. The monoisotopic (exact) mass is 305 g/mol. The van der Waals surface area contributed by atoms with Crippen molar-refractivity contribution in [3.05, 3.63) is 36.0 Å². The van der Waals surface area contributed by atoms with Crippen LogP contribution in [0.4, 0.5) is 5.69 Å². The molecule has 112 valence electrons. The fourth-order valence-electron chi connectivity index (χ4n) is 1.53. The van der Waals surface area contributed by atoms with Gasteiger partial charge >= 0.3 is 0 Å². The SMILES string of the molecule is COCCCNC(=O)/C(C#N)=C\Nc1cccc(SC)c1. The van der Waals surface area contributed by atoms with Crippen molar-refractivity contribution in [3.8, 4) is 6.07 Å². The summed E-state index contributed by atoms with van der Waals surface area (Å²) >= 11 is 1.63. The van der Waals surface area contributed by atoms with E-state index < -0.39 is 0 Å². The predicted octanol–water partition coefficient (Wildman–Crippen LogP) is 2.38. The van der Waals surface area contributed by atoms with Gasteiger partial charge in [-0.1, -0.05) is 6.07 Å². The fourth-order valence-corrected chi connectivity index (χ4v) is 1.99. The highest BCUT2D eigenvalue weighted by Crippen LogP contribution is 2.19. The van der Waals surface area contributed by atoms with Gasteiger partial charge in [0.2, 0.25) is 0 Å². The van der Waals surface area contributed by atoms with Crippen molar-refractivity contribution in [3.63, 3.8) is 0 Å². The first-order valence-corrected chi connectivity index (χ1v) is 7.71. The van der Waals surface area contributed by atoms with Crippen LogP contribution in [0.2, 0.25) is 0 Å². The predicted molar refractivity (Wildman–Crippen MR) is 85.0 cm³/mol. The number of hydrogen-bond donors (Lipinski definition) is 2. The highest BCUT2D eigenvalue weighted by Gasteiger charge is 2.07. The lowest BCUT2D eigenvalue weighted by Gasteiger charge is -2.05. The average Bonchev–Trinajstić information content (AvgIpc) is 2.52. The molecule has 0 saturated carbocycles. The molecule has 0 aliphatic rings. The van der Waals surface area contributed by atoms with Crippen LogP contribution in [0, 0.1) is 11.3 Å². The maximum atomic E-state index is 11.8. The molecule has 1 rings (SSSR count). The standard InChI is InChI=1S/C15H19N3O2S/c1-20-8-4-7-17-15(19)12(10-16)11-18-13-5-3-6-14(9-13)21-2/h3,5-6,9,11,18H,4,7-8H2,1-2H3,(H,17,19)/b12-11-. The zero-order valence-corrected chi connectivity index (χ0v) is 13.0. The summed E-state index contributed by atoms with van der Waals surface area (Å²) in [4.78, 5) is 12.9. The quantitative estimate of drug-likeness (QED) is 0.334. The lowest BCUT2D eigenvalue weighted by Crippen LogP contribution is -2.26. The number of thioether (sulfide) groups is 1. The van der Waals surface area contributed by atoms with Crippen LogP contribution in [0.25, 0.3) is 0 Å². The van der Waals surface area contributed by atoms with Gasteiger partial charge in [0.15, 0.2) is 0 Å². The molecule has 0 aromatic heterocycles. The van der Waals surface area contributed by atoms with Crippen molar-refractivity contribution in [2.45, 2.75) is 11.3 Å². The number of methoxy groups -OCH3 is 1. The number of carbonyl (C=O) groups excluding carboxylic acids is 1. The minimum absolute atomic E-state index is 0.0435. The largest absolute Gasteiger partial charge is 0.385 e. The summed E-state index contributed by atoms with van der Waals surface area (Å²) in [5.41, 5.74) is 0.878. The molecular formula is C15H19N3O2S. The number of nitrogens with one attached hydrogen (secondary N) is 2. The summed E-state index contributed by atoms with van der Waals surface area (Å²) in [5.74, 6) is -0.387. The van der Waals surface area contributed by atoms with Gasteiger partial charge in [-0.25, -0.2) is 0 Å². The molecule has 21 heavy (non-hydrogen) atoms. The first-order chi connectivity index (χ1) is 10.2. The zero-order valence-electron chi connectivity index (χ0n) is 12.2. The molecular weight excluding hydrogens is 286 g/mol. The summed E-state index contributed by atoms with van der Waals surface area (Å²) in [7, 11) is 1.61. The zero-order chi connectivity index (χ0) is 15.5. The van der Waals surface area contributed by atoms with E-state index in [9.17, 15) is 4.79 Å². The van der Waals surface area contributed by atoms with E-state index in [1.54, 1.807) is 18.9 Å². The number of amides is 1. The Morgan fingerprint density at radius 3 is 3.00 bits per heavy atom. The second-order valence-electron chi connectivity index (χ2n) is 4.15. The van der Waals surface area contributed by atoms with Gasteiger partial charge in [0.05, 0.1) is 0 Å². The van der Waals surface area contributed by atoms with E-state index in [2.05, 4.69) is 10.6 Å². The van der Waals surface area contributed by atoms with E-state index in [-0.39, 0.29) is 11.5 Å². The molecule has 0 aliphatic carbocycles. The average molecular weight is 305 g/mol. The van der Waals surface area contributed by atoms with Gasteiger partial charge in [0.1, 0.15) is 11.6 Å². The van der Waals surface area contributed by atoms with Gasteiger partial charge in [-0.15, -0.1) is 11.8 Å². The van der Waals surface area contributed by atoms with E-state index in [0.717, 1.165) is 10.6 Å². The molecule has 0 aliphatic heterocycles. The number of anilines is 1. The van der Waals surface area contributed by atoms with E-state index in [1.807, 2.05) is 36.6 Å². The smallest absolute Gasteiger partial charge is 0.263 e. The molecule has 1 aromatic rings. The molecule has 5 nitrogen and oxygen atoms in total. The van der Waals surface area contributed by atoms with Crippen molar-refractivity contribution >= 4 is 23.4 Å². The van der Waals surface area contributed by atoms with Crippen LogP contribution in [0.5, 0.6) is 0 Å². The highest BCUT2D eigenvalue weighted by molar-refractivity contribution is 7.98. The molecule has 0 unspecified atom stereocenters. The molecule has 0 radical (unpaired) electrons. The Bertz CT molecular complexity index is 538. The molecule has 0 atom stereocenters. The Kier molecular flexibility index (Phi) is 8.02. The van der Waals surface area contributed by atoms with Gasteiger partial charge in [-0.05, 0) is 30.9 Å². The third-order valence-corrected chi connectivity index (χ3v) is 3.35. The van der Waals surface area contributed by atoms with Gasteiger partial charge < -0.3 is 15.4 Å². The van der Waals surface area contributed by atoms with Crippen LogP contribution in [0.3, 0.4) is 0 Å². The number of benzene rings is 1. The summed E-state index contributed by atoms with van der Waals surface area (Å²) in [6, 6.07) is 9.63. The number of carbonyl (C=O) groups is 1. The number of hydrogen-bond acceptors (Lipinski definition) is 5. The summed E-state index contributed by atoms with van der Waals surface area (Å²) < 4.78 is 4.89. The molecule has 0 bridgehead atoms. The Labute approximate surface area is 129 Å². The Hall–Kier alpha value is -1.97. The molecule has 0 spiro atoms. The van der Waals surface area contributed by atoms with Gasteiger partial charge in [0.25, 0.3) is 5.91 Å². The summed E-state index contributed by atoms with van der Waals surface area (Å²) in [6.07, 6.45) is 4.12. The molecule has 0 saturated heterocycles. The van der Waals surface area contributed by atoms with Crippen LogP contribution < -0.4 is 10.6 Å². The number of nitrogens with zero attached hydrogens (tertiary/aromatic N) is 1. The second-order valence-corrected chi connectivity index (χ2v) is 5.03. The molecule has 1 amide bonds. The summed E-state index contributed by atoms with van der Waals surface area (Å²) in [5, 5.41) is 14.7. The second kappa shape index (κ2) is 9.86. The van der Waals surface area contributed by atoms with Crippen LogP contribution in [-0.4, -0.2) is 32.4 Å². The van der Waals surface area contributed by atoms with E-state index in [4.69, 9.17) is 10.00 Å². The Morgan fingerprint density at radius 2 is 2.33 bits per heavy atom. The van der Waals surface area contributed by atoms with Crippen LogP contribution >= 0.6 is 11.8 Å². The minimum Gasteiger partial charge on any atom is -0.385 e. The normalized spacial score (nSPS) is 10.8. The summed E-state index contributed by atoms with van der Waals surface area (Å²) in [6.45, 7) is 1.05. The lowest BCUT2D eigenvalue weighted by molar-refractivity contribution is -0.117. The highest BCUT2D eigenvalue weighted by atomic mass is 32.2. The first-order valence-electron chi connectivity index (χ1n) is 6.49. The van der Waals surface area contributed by atoms with Crippen molar-refractivity contribution in [1.82, 2.24) is 5.32 Å². The van der Waals surface area contributed by atoms with Crippen molar-refractivity contribution in [2.24, 2.45) is 0 Å². The molecule has 0 heterocycles. The minimum atomic E-state index is -0.387. The number of ether oxygens (including phenoxy) is 1. The lowest BCUT2D eigenvalue weighted by atomic mass is 10.2. The maximum absolute atomic E-state index is 11.8. The van der Waals surface area contributed by atoms with Crippen LogP contribution in [-0.2, 0) is 9.53 Å². The van der Waals surface area contributed by atoms with Crippen molar-refractivity contribution < 1.29 is 9.53 Å². The molecule has 2 N–H and O–H groups in total. The molecule has 0 fully saturated rings. The topological polar surface area (TPSA) is 74.1 Å². The number of nitriles is 1. The van der Waals surface area contributed by atoms with Crippen molar-refractivity contribution in [1.29, 1.82) is 5.26 Å². The molecule has 6 heteroatoms. The van der Waals surface area contributed by atoms with Crippen LogP contribution in [0.15, 0.2) is 40.9 Å². The van der Waals surface area contributed by atoms with Crippen molar-refractivity contribution in [2.75, 3.05) is 31.8 Å². The fraction of sp³-hybridized carbons (Fsp3) is 0.333. The number of rotatable bonds is 8. The van der Waals surface area contributed by atoms with E-state index in [0.29, 0.717) is 19.6 Å². The van der Waals surface area contributed by atoms with Gasteiger partial charge in [-0.3, -0.25) is 4.79 Å². The Morgan fingerprint density at radius 1 is 1.52 bits per heavy atom.